The van der Waals surface area contributed by atoms with Crippen molar-refractivity contribution >= 4 is 16.9 Å². The van der Waals surface area contributed by atoms with Crippen molar-refractivity contribution in [2.45, 2.75) is 138 Å². The highest BCUT2D eigenvalue weighted by Crippen LogP contribution is 2.39. The molecule has 35 heavy (non-hydrogen) atoms. The van der Waals surface area contributed by atoms with Crippen LogP contribution in [0.25, 0.3) is 0 Å². The number of carboxylic acid groups (broad SMARTS) is 1. The van der Waals surface area contributed by atoms with Crippen molar-refractivity contribution in [3.8, 4) is 0 Å². The minimum atomic E-state index is -4.44. The Kier molecular flexibility index (Phi) is 11.8. The molecule has 3 fully saturated rings. The Morgan fingerprint density at radius 1 is 0.629 bits per heavy atom. The summed E-state index contributed by atoms with van der Waals surface area (Å²) in [6.45, 7) is 0. The molecule has 3 aliphatic rings. The number of benzene rings is 1. The zero-order valence-electron chi connectivity index (χ0n) is 21.1. The predicted octanol–water partition coefficient (Wildman–Crippen LogP) is 7.84. The number of carboxylic acids is 1. The Bertz CT molecular complexity index is 678. The van der Waals surface area contributed by atoms with E-state index >= 15 is 0 Å². The van der Waals surface area contributed by atoms with Crippen molar-refractivity contribution in [3.05, 3.63) is 35.4 Å². The molecule has 0 saturated heterocycles. The molecule has 198 valence electrons. The monoisotopic (exact) mass is 512 g/mol. The maximum absolute atomic E-state index is 12.0. The molecule has 2 nitrogen and oxygen atoms in total. The zero-order chi connectivity index (χ0) is 25.1. The minimum absolute atomic E-state index is 0.270. The number of carbonyl (C=O) groups excluding carboxylic acids is 1. The average Bonchev–Trinajstić information content (AvgIpc) is 3.37. The van der Waals surface area contributed by atoms with Crippen LogP contribution in [0, 0.1) is 0 Å². The normalized spacial score (nSPS) is 21.9. The molecule has 0 unspecified atom stereocenters. The fourth-order valence-electron chi connectivity index (χ4n) is 6.15. The first kappa shape index (κ1) is 28.4. The summed E-state index contributed by atoms with van der Waals surface area (Å²) in [7, 11) is 0.783. The standard InChI is InChI=1S/C21H39S.C8H5F3O2/c1-2-8-14-19(13-7-1)22(20-15-9-3-4-10-16-20)21-17-11-5-6-12-18-21;9-8(10,11)6-3-1-5(2-4-6)7(12)13/h19-21H,1-18H2;1-4H,(H,12,13)/q+1;/p-1. The van der Waals surface area contributed by atoms with Crippen molar-refractivity contribution < 1.29 is 23.1 Å². The maximum Gasteiger partial charge on any atom is 0.416 e. The highest BCUT2D eigenvalue weighted by atomic mass is 32.2. The third kappa shape index (κ3) is 9.33. The van der Waals surface area contributed by atoms with Crippen LogP contribution in [-0.2, 0) is 17.1 Å². The van der Waals surface area contributed by atoms with E-state index in [4.69, 9.17) is 0 Å². The lowest BCUT2D eigenvalue weighted by molar-refractivity contribution is -0.255. The van der Waals surface area contributed by atoms with E-state index in [1.807, 2.05) is 0 Å². The van der Waals surface area contributed by atoms with Crippen molar-refractivity contribution in [2.24, 2.45) is 0 Å². The van der Waals surface area contributed by atoms with E-state index in [1.165, 1.54) is 38.5 Å². The van der Waals surface area contributed by atoms with Gasteiger partial charge in [0, 0.05) is 0 Å². The molecule has 3 aliphatic carbocycles. The highest BCUT2D eigenvalue weighted by Gasteiger charge is 2.44. The van der Waals surface area contributed by atoms with Gasteiger partial charge in [-0.25, -0.2) is 0 Å². The molecule has 0 radical (unpaired) electrons. The molecule has 0 heterocycles. The first-order valence-corrected chi connectivity index (χ1v) is 15.4. The summed E-state index contributed by atoms with van der Waals surface area (Å²) in [5.74, 6) is -1.49. The summed E-state index contributed by atoms with van der Waals surface area (Å²) >= 11 is 0. The lowest BCUT2D eigenvalue weighted by atomic mass is 10.1. The van der Waals surface area contributed by atoms with Gasteiger partial charge in [0.2, 0.25) is 0 Å². The molecule has 1 aromatic rings. The molecule has 0 spiro atoms. The smallest absolute Gasteiger partial charge is 0.416 e. The van der Waals surface area contributed by atoms with E-state index in [-0.39, 0.29) is 5.56 Å². The molecular formula is C29H43F3O2S. The van der Waals surface area contributed by atoms with Gasteiger partial charge >= 0.3 is 6.18 Å². The van der Waals surface area contributed by atoms with E-state index in [1.54, 1.807) is 77.0 Å². The van der Waals surface area contributed by atoms with Crippen LogP contribution in [0.5, 0.6) is 0 Å². The molecule has 0 aromatic heterocycles. The van der Waals surface area contributed by atoms with Gasteiger partial charge in [0.05, 0.1) is 11.5 Å². The number of hydrogen-bond donors (Lipinski definition) is 0. The molecule has 1 aromatic carbocycles. The van der Waals surface area contributed by atoms with Gasteiger partial charge in [0.25, 0.3) is 0 Å². The highest BCUT2D eigenvalue weighted by molar-refractivity contribution is 7.98. The van der Waals surface area contributed by atoms with Crippen molar-refractivity contribution in [3.63, 3.8) is 0 Å². The summed E-state index contributed by atoms with van der Waals surface area (Å²) in [5.41, 5.74) is -1.15. The number of carbonyl (C=O) groups is 1. The summed E-state index contributed by atoms with van der Waals surface area (Å²) < 4.78 is 35.9. The molecule has 3 saturated carbocycles. The van der Waals surface area contributed by atoms with Gasteiger partial charge in [0.1, 0.15) is 15.7 Å². The second-order valence-corrected chi connectivity index (χ2v) is 13.4. The number of rotatable bonds is 4. The average molecular weight is 513 g/mol. The lowest BCUT2D eigenvalue weighted by Gasteiger charge is -2.30. The number of alkyl halides is 3. The van der Waals surface area contributed by atoms with Gasteiger partial charge in [-0.3, -0.25) is 0 Å². The Hall–Kier alpha value is -1.17. The third-order valence-electron chi connectivity index (χ3n) is 8.01. The molecule has 0 N–H and O–H groups in total. The second-order valence-electron chi connectivity index (χ2n) is 10.6. The maximum atomic E-state index is 12.0. The zero-order valence-corrected chi connectivity index (χ0v) is 21.9. The van der Waals surface area contributed by atoms with E-state index in [0.29, 0.717) is 12.1 Å². The molecule has 0 aliphatic heterocycles. The fraction of sp³-hybridized carbons (Fsp3) is 0.759. The van der Waals surface area contributed by atoms with E-state index < -0.39 is 17.7 Å². The van der Waals surface area contributed by atoms with Gasteiger partial charge < -0.3 is 9.90 Å². The van der Waals surface area contributed by atoms with Crippen molar-refractivity contribution in [2.75, 3.05) is 0 Å². The Morgan fingerprint density at radius 3 is 1.20 bits per heavy atom. The summed E-state index contributed by atoms with van der Waals surface area (Å²) in [5, 5.41) is 13.6. The first-order valence-electron chi connectivity index (χ1n) is 14.0. The lowest BCUT2D eigenvalue weighted by Crippen LogP contribution is -2.40. The summed E-state index contributed by atoms with van der Waals surface area (Å²) in [4.78, 5) is 10.2. The predicted molar refractivity (Wildman–Crippen MR) is 138 cm³/mol. The van der Waals surface area contributed by atoms with Crippen LogP contribution in [0.1, 0.15) is 131 Å². The third-order valence-corrected chi connectivity index (χ3v) is 11.7. The van der Waals surface area contributed by atoms with Crippen LogP contribution in [0.2, 0.25) is 0 Å². The minimum Gasteiger partial charge on any atom is -0.545 e. The van der Waals surface area contributed by atoms with Crippen molar-refractivity contribution in [1.29, 1.82) is 0 Å². The first-order chi connectivity index (χ1) is 16.9. The van der Waals surface area contributed by atoms with E-state index in [0.717, 1.165) is 38.8 Å². The molecular weight excluding hydrogens is 469 g/mol. The molecule has 4 rings (SSSR count). The van der Waals surface area contributed by atoms with Gasteiger partial charge in [-0.05, 0) is 106 Å². The van der Waals surface area contributed by atoms with Crippen LogP contribution >= 0.6 is 0 Å². The number of halogens is 3. The van der Waals surface area contributed by atoms with E-state index in [9.17, 15) is 23.1 Å². The quantitative estimate of drug-likeness (QED) is 0.304. The largest absolute Gasteiger partial charge is 0.545 e. The molecule has 0 amide bonds. The van der Waals surface area contributed by atoms with Crippen LogP contribution < -0.4 is 5.11 Å². The molecule has 0 bridgehead atoms. The van der Waals surface area contributed by atoms with Gasteiger partial charge in [-0.2, -0.15) is 13.2 Å². The second kappa shape index (κ2) is 14.5. The molecule has 6 heteroatoms. The van der Waals surface area contributed by atoms with Crippen LogP contribution in [-0.4, -0.2) is 21.7 Å². The summed E-state index contributed by atoms with van der Waals surface area (Å²) in [6, 6.07) is 3.12. The molecule has 0 atom stereocenters. The Balaban J connectivity index is 0.000000225. The van der Waals surface area contributed by atoms with Gasteiger partial charge in [0.15, 0.2) is 0 Å². The van der Waals surface area contributed by atoms with Crippen LogP contribution in [0.4, 0.5) is 13.2 Å². The van der Waals surface area contributed by atoms with Gasteiger partial charge in [-0.1, -0.05) is 50.7 Å². The Labute approximate surface area is 212 Å². The Morgan fingerprint density at radius 2 is 0.943 bits per heavy atom. The van der Waals surface area contributed by atoms with Crippen LogP contribution in [0.15, 0.2) is 24.3 Å². The number of hydrogen-bond acceptors (Lipinski definition) is 2. The van der Waals surface area contributed by atoms with E-state index in [2.05, 4.69) is 0 Å². The van der Waals surface area contributed by atoms with Crippen molar-refractivity contribution in [1.82, 2.24) is 0 Å². The fourth-order valence-corrected chi connectivity index (χ4v) is 10.4. The van der Waals surface area contributed by atoms with Crippen LogP contribution in [0.3, 0.4) is 0 Å². The SMILES string of the molecule is C1CCCC([S+](C2CCCCCC2)C2CCCCCC2)CC1.O=C([O-])c1ccc(C(F)(F)F)cc1. The topological polar surface area (TPSA) is 40.1 Å². The summed E-state index contributed by atoms with van der Waals surface area (Å²) in [6.07, 6.45) is 23.6. The van der Waals surface area contributed by atoms with Gasteiger partial charge in [-0.15, -0.1) is 0 Å². The number of aromatic carboxylic acids is 1.